The maximum absolute atomic E-state index is 13.0. The molecule has 26 heavy (non-hydrogen) atoms. The molecule has 1 rings (SSSR count). The van der Waals surface area contributed by atoms with E-state index < -0.39 is 0 Å². The Balaban J connectivity index is 2.86. The average Bonchev–Trinajstić information content (AvgIpc) is 2.91. The average molecular weight is 364 g/mol. The highest BCUT2D eigenvalue weighted by Crippen LogP contribution is 2.21. The normalized spacial score (nSPS) is 11.7. The van der Waals surface area contributed by atoms with E-state index in [2.05, 4.69) is 6.92 Å². The van der Waals surface area contributed by atoms with Crippen LogP contribution in [0.1, 0.15) is 66.5 Å². The van der Waals surface area contributed by atoms with Gasteiger partial charge in [0.25, 0.3) is 0 Å². The molecule has 0 saturated carbocycles. The third kappa shape index (κ3) is 7.22. The molecule has 5 nitrogen and oxygen atoms in total. The lowest BCUT2D eigenvalue weighted by atomic mass is 9.91. The lowest BCUT2D eigenvalue weighted by Gasteiger charge is -2.32. The lowest BCUT2D eigenvalue weighted by Crippen LogP contribution is -2.46. The maximum Gasteiger partial charge on any atom is 0.242 e. The first-order chi connectivity index (χ1) is 12.0. The minimum Gasteiger partial charge on any atom is -0.353 e. The quantitative estimate of drug-likeness (QED) is 0.669. The number of aromatic nitrogens is 1. The topological polar surface area (TPSA) is 45.6 Å². The summed E-state index contributed by atoms with van der Waals surface area (Å²) in [6, 6.07) is 4.04. The van der Waals surface area contributed by atoms with E-state index in [1.807, 2.05) is 69.5 Å². The third-order valence-electron chi connectivity index (χ3n) is 4.47. The van der Waals surface area contributed by atoms with Crippen LogP contribution in [0.2, 0.25) is 0 Å². The Morgan fingerprint density at radius 2 is 1.85 bits per heavy atom. The molecule has 0 unspecified atom stereocenters. The largest absolute Gasteiger partial charge is 0.353 e. The fourth-order valence-corrected chi connectivity index (χ4v) is 2.86. The van der Waals surface area contributed by atoms with E-state index >= 15 is 0 Å². The van der Waals surface area contributed by atoms with Gasteiger partial charge in [0.05, 0.1) is 13.1 Å². The smallest absolute Gasteiger partial charge is 0.242 e. The molecule has 0 atom stereocenters. The van der Waals surface area contributed by atoms with Crippen molar-refractivity contribution >= 4 is 11.8 Å². The van der Waals surface area contributed by atoms with Crippen molar-refractivity contribution < 1.29 is 9.59 Å². The molecule has 1 aromatic rings. The first-order valence-electron chi connectivity index (χ1n) is 9.72. The molecule has 1 aromatic heterocycles. The molecule has 0 fully saturated rings. The number of unbranched alkanes of at least 4 members (excludes halogenated alkanes) is 1. The number of hydrogen-bond acceptors (Lipinski definition) is 2. The molecular formula is C21H37N3O2. The Morgan fingerprint density at radius 1 is 1.19 bits per heavy atom. The van der Waals surface area contributed by atoms with Crippen molar-refractivity contribution in [3.05, 3.63) is 24.0 Å². The molecule has 0 N–H and O–H groups in total. The van der Waals surface area contributed by atoms with E-state index in [1.54, 1.807) is 4.90 Å². The lowest BCUT2D eigenvalue weighted by molar-refractivity contribution is -0.143. The Kier molecular flexibility index (Phi) is 8.38. The summed E-state index contributed by atoms with van der Waals surface area (Å²) >= 11 is 0. The summed E-state index contributed by atoms with van der Waals surface area (Å²) in [5, 5.41) is 0. The van der Waals surface area contributed by atoms with Crippen LogP contribution in [-0.4, -0.2) is 45.3 Å². The van der Waals surface area contributed by atoms with Crippen LogP contribution < -0.4 is 0 Å². The molecule has 0 aliphatic carbocycles. The van der Waals surface area contributed by atoms with Gasteiger partial charge in [0, 0.05) is 37.9 Å². The highest BCUT2D eigenvalue weighted by molar-refractivity contribution is 5.85. The second kappa shape index (κ2) is 9.79. The summed E-state index contributed by atoms with van der Waals surface area (Å²) < 4.78 is 2.04. The molecule has 0 spiro atoms. The van der Waals surface area contributed by atoms with Crippen LogP contribution >= 0.6 is 0 Å². The van der Waals surface area contributed by atoms with E-state index in [0.29, 0.717) is 13.0 Å². The molecule has 5 heteroatoms. The monoisotopic (exact) mass is 363 g/mol. The molecule has 0 saturated heterocycles. The summed E-state index contributed by atoms with van der Waals surface area (Å²) in [5.74, 6) is 0.0748. The minimum atomic E-state index is -0.0851. The maximum atomic E-state index is 13.0. The van der Waals surface area contributed by atoms with Gasteiger partial charge in [0.15, 0.2) is 0 Å². The van der Waals surface area contributed by atoms with Gasteiger partial charge in [-0.2, -0.15) is 0 Å². The van der Waals surface area contributed by atoms with Crippen molar-refractivity contribution in [3.63, 3.8) is 0 Å². The molecule has 0 aromatic carbocycles. The summed E-state index contributed by atoms with van der Waals surface area (Å²) in [6.07, 6.45) is 4.44. The van der Waals surface area contributed by atoms with Crippen molar-refractivity contribution in [1.29, 1.82) is 0 Å². The second-order valence-corrected chi connectivity index (χ2v) is 8.63. The summed E-state index contributed by atoms with van der Waals surface area (Å²) in [5.41, 5.74) is 1.02. The Morgan fingerprint density at radius 3 is 2.31 bits per heavy atom. The highest BCUT2D eigenvalue weighted by Gasteiger charge is 2.26. The van der Waals surface area contributed by atoms with Crippen LogP contribution in [0, 0.1) is 5.41 Å². The Bertz CT molecular complexity index is 584. The van der Waals surface area contributed by atoms with Gasteiger partial charge in [-0.05, 0) is 37.8 Å². The predicted molar refractivity (Wildman–Crippen MR) is 107 cm³/mol. The van der Waals surface area contributed by atoms with Crippen molar-refractivity contribution in [1.82, 2.24) is 14.4 Å². The zero-order valence-corrected chi connectivity index (χ0v) is 17.7. The fourth-order valence-electron chi connectivity index (χ4n) is 2.86. The van der Waals surface area contributed by atoms with Crippen molar-refractivity contribution in [3.8, 4) is 0 Å². The second-order valence-electron chi connectivity index (χ2n) is 8.63. The van der Waals surface area contributed by atoms with Gasteiger partial charge in [-0.15, -0.1) is 0 Å². The van der Waals surface area contributed by atoms with Gasteiger partial charge in [0.2, 0.25) is 11.8 Å². The van der Waals surface area contributed by atoms with Gasteiger partial charge < -0.3 is 14.4 Å². The number of aryl methyl sites for hydroxylation is 1. The standard InChI is InChI=1S/C21H37N3O2/c1-8-9-13-23(15-18-11-10-12-22(18)7)20(26)16-24(17(2)3)19(25)14-21(4,5)6/h10-12,17H,8-9,13-16H2,1-7H3. The van der Waals surface area contributed by atoms with E-state index in [-0.39, 0.29) is 29.8 Å². The number of hydrogen-bond donors (Lipinski definition) is 0. The number of carbonyl (C=O) groups excluding carboxylic acids is 2. The van der Waals surface area contributed by atoms with E-state index in [9.17, 15) is 9.59 Å². The Hall–Kier alpha value is -1.78. The van der Waals surface area contributed by atoms with Crippen LogP contribution in [-0.2, 0) is 23.2 Å². The zero-order chi connectivity index (χ0) is 19.9. The SMILES string of the molecule is CCCCN(Cc1cccn1C)C(=O)CN(C(=O)CC(C)(C)C)C(C)C. The first kappa shape index (κ1) is 22.3. The molecule has 148 valence electrons. The summed E-state index contributed by atoms with van der Waals surface area (Å²) in [7, 11) is 1.99. The Labute approximate surface area is 159 Å². The molecule has 0 radical (unpaired) electrons. The van der Waals surface area contributed by atoms with Crippen LogP contribution in [0.15, 0.2) is 18.3 Å². The molecule has 0 aliphatic heterocycles. The first-order valence-corrected chi connectivity index (χ1v) is 9.72. The summed E-state index contributed by atoms with van der Waals surface area (Å²) in [4.78, 5) is 29.3. The van der Waals surface area contributed by atoms with Gasteiger partial charge >= 0.3 is 0 Å². The number of carbonyl (C=O) groups is 2. The minimum absolute atomic E-state index is 0.0110. The zero-order valence-electron chi connectivity index (χ0n) is 17.7. The number of rotatable bonds is 9. The van der Waals surface area contributed by atoms with Crippen molar-refractivity contribution in [2.75, 3.05) is 13.1 Å². The molecule has 1 heterocycles. The van der Waals surface area contributed by atoms with E-state index in [4.69, 9.17) is 0 Å². The fraction of sp³-hybridized carbons (Fsp3) is 0.714. The molecule has 0 bridgehead atoms. The van der Waals surface area contributed by atoms with Crippen LogP contribution in [0.25, 0.3) is 0 Å². The van der Waals surface area contributed by atoms with Crippen LogP contribution in [0.3, 0.4) is 0 Å². The highest BCUT2D eigenvalue weighted by atomic mass is 16.2. The van der Waals surface area contributed by atoms with Crippen molar-refractivity contribution in [2.24, 2.45) is 12.5 Å². The van der Waals surface area contributed by atoms with Gasteiger partial charge in [-0.3, -0.25) is 9.59 Å². The van der Waals surface area contributed by atoms with Crippen LogP contribution in [0.5, 0.6) is 0 Å². The van der Waals surface area contributed by atoms with Gasteiger partial charge in [-0.25, -0.2) is 0 Å². The van der Waals surface area contributed by atoms with Gasteiger partial charge in [-0.1, -0.05) is 34.1 Å². The molecular weight excluding hydrogens is 326 g/mol. The molecule has 0 aliphatic rings. The van der Waals surface area contributed by atoms with E-state index in [1.165, 1.54) is 0 Å². The van der Waals surface area contributed by atoms with Crippen LogP contribution in [0.4, 0.5) is 0 Å². The van der Waals surface area contributed by atoms with Crippen molar-refractivity contribution in [2.45, 2.75) is 73.4 Å². The predicted octanol–water partition coefficient (Wildman–Crippen LogP) is 3.83. The summed E-state index contributed by atoms with van der Waals surface area (Å²) in [6.45, 7) is 13.7. The van der Waals surface area contributed by atoms with E-state index in [0.717, 1.165) is 25.1 Å². The third-order valence-corrected chi connectivity index (χ3v) is 4.47. The number of nitrogens with zero attached hydrogens (tertiary/aromatic N) is 3. The van der Waals surface area contributed by atoms with Gasteiger partial charge in [0.1, 0.15) is 0 Å². The number of amides is 2. The molecule has 2 amide bonds.